The highest BCUT2D eigenvalue weighted by atomic mass is 16.6. The van der Waals surface area contributed by atoms with Crippen molar-refractivity contribution in [2.45, 2.75) is 58.8 Å². The lowest BCUT2D eigenvalue weighted by molar-refractivity contribution is -0.145. The van der Waals surface area contributed by atoms with Crippen molar-refractivity contribution in [3.63, 3.8) is 0 Å². The molecule has 0 rings (SSSR count). The summed E-state index contributed by atoms with van der Waals surface area (Å²) in [6.07, 6.45) is 7.59. The van der Waals surface area contributed by atoms with Gasteiger partial charge in [-0.25, -0.2) is 0 Å². The van der Waals surface area contributed by atoms with Crippen LogP contribution in [-0.4, -0.2) is 25.8 Å². The van der Waals surface area contributed by atoms with Gasteiger partial charge in [0, 0.05) is 13.0 Å². The summed E-state index contributed by atoms with van der Waals surface area (Å²) in [5.41, 5.74) is 0. The number of hydrogen-bond acceptors (Lipinski definition) is 3. The molecule has 0 aromatic rings. The lowest BCUT2D eigenvalue weighted by Crippen LogP contribution is -2.10. The standard InChI is InChI=1S/C13H26O3/c1-3-5-6-7-8-10-15-11-12-16-13(14)9-4-2/h3-12H2,1-2H3. The second-order valence-electron chi connectivity index (χ2n) is 4.00. The van der Waals surface area contributed by atoms with Gasteiger partial charge in [0.15, 0.2) is 0 Å². The van der Waals surface area contributed by atoms with Crippen LogP contribution in [0.15, 0.2) is 0 Å². The largest absolute Gasteiger partial charge is 0.463 e. The van der Waals surface area contributed by atoms with E-state index in [1.807, 2.05) is 6.92 Å². The molecule has 0 spiro atoms. The molecule has 0 aliphatic rings. The van der Waals surface area contributed by atoms with Crippen molar-refractivity contribution >= 4 is 5.97 Å². The number of esters is 1. The number of unbranched alkanes of at least 4 members (excludes halogenated alkanes) is 4. The van der Waals surface area contributed by atoms with Gasteiger partial charge in [0.05, 0.1) is 6.61 Å². The minimum absolute atomic E-state index is 0.117. The first-order chi connectivity index (χ1) is 7.81. The average molecular weight is 230 g/mol. The molecule has 0 heterocycles. The van der Waals surface area contributed by atoms with Gasteiger partial charge in [0.2, 0.25) is 0 Å². The van der Waals surface area contributed by atoms with Crippen LogP contribution in [0.2, 0.25) is 0 Å². The molecule has 0 atom stereocenters. The highest BCUT2D eigenvalue weighted by molar-refractivity contribution is 5.69. The van der Waals surface area contributed by atoms with Crippen molar-refractivity contribution in [1.82, 2.24) is 0 Å². The van der Waals surface area contributed by atoms with Gasteiger partial charge in [-0.05, 0) is 12.8 Å². The molecule has 0 aromatic heterocycles. The molecule has 0 aliphatic carbocycles. The summed E-state index contributed by atoms with van der Waals surface area (Å²) in [6, 6.07) is 0. The minimum atomic E-state index is -0.117. The quantitative estimate of drug-likeness (QED) is 0.403. The van der Waals surface area contributed by atoms with Crippen molar-refractivity contribution in [1.29, 1.82) is 0 Å². The van der Waals surface area contributed by atoms with E-state index in [4.69, 9.17) is 9.47 Å². The molecule has 0 bridgehead atoms. The lowest BCUT2D eigenvalue weighted by atomic mass is 10.2. The fourth-order valence-electron chi connectivity index (χ4n) is 1.40. The molecule has 0 aromatic carbocycles. The Morgan fingerprint density at radius 3 is 2.31 bits per heavy atom. The Labute approximate surface area is 99.5 Å². The van der Waals surface area contributed by atoms with Crippen molar-refractivity contribution in [2.24, 2.45) is 0 Å². The summed E-state index contributed by atoms with van der Waals surface area (Å²) in [5.74, 6) is -0.117. The summed E-state index contributed by atoms with van der Waals surface area (Å²) in [4.78, 5) is 11.0. The zero-order chi connectivity index (χ0) is 12.1. The lowest BCUT2D eigenvalue weighted by Gasteiger charge is -2.05. The van der Waals surface area contributed by atoms with Crippen molar-refractivity contribution in [3.8, 4) is 0 Å². The third-order valence-electron chi connectivity index (χ3n) is 2.34. The molecule has 0 saturated carbocycles. The monoisotopic (exact) mass is 230 g/mol. The van der Waals surface area contributed by atoms with Crippen LogP contribution in [0.3, 0.4) is 0 Å². The summed E-state index contributed by atoms with van der Waals surface area (Å²) in [7, 11) is 0. The third-order valence-corrected chi connectivity index (χ3v) is 2.34. The molecule has 16 heavy (non-hydrogen) atoms. The summed E-state index contributed by atoms with van der Waals surface area (Å²) < 4.78 is 10.3. The van der Waals surface area contributed by atoms with Gasteiger partial charge in [-0.1, -0.05) is 39.5 Å². The van der Waals surface area contributed by atoms with Crippen LogP contribution in [-0.2, 0) is 14.3 Å². The second-order valence-corrected chi connectivity index (χ2v) is 4.00. The van der Waals surface area contributed by atoms with E-state index < -0.39 is 0 Å². The fraction of sp³-hybridized carbons (Fsp3) is 0.923. The van der Waals surface area contributed by atoms with Gasteiger partial charge in [0.25, 0.3) is 0 Å². The van der Waals surface area contributed by atoms with Gasteiger partial charge in [-0.15, -0.1) is 0 Å². The Balaban J connectivity index is 3.01. The predicted molar refractivity (Wildman–Crippen MR) is 65.4 cm³/mol. The number of carbonyl (C=O) groups excluding carboxylic acids is 1. The first kappa shape index (κ1) is 15.4. The van der Waals surface area contributed by atoms with E-state index in [1.54, 1.807) is 0 Å². The molecule has 0 unspecified atom stereocenters. The SMILES string of the molecule is CCCCCCCOCCOC(=O)CCC. The Kier molecular flexibility index (Phi) is 12.1. The number of ether oxygens (including phenoxy) is 2. The van der Waals surface area contributed by atoms with Crippen LogP contribution in [0.25, 0.3) is 0 Å². The maximum atomic E-state index is 11.0. The molecule has 3 nitrogen and oxygen atoms in total. The summed E-state index contributed by atoms with van der Waals surface area (Å²) in [6.45, 7) is 5.89. The van der Waals surface area contributed by atoms with E-state index in [1.165, 1.54) is 25.7 Å². The van der Waals surface area contributed by atoms with Crippen LogP contribution in [0, 0.1) is 0 Å². The Morgan fingerprint density at radius 1 is 0.875 bits per heavy atom. The van der Waals surface area contributed by atoms with Gasteiger partial charge in [-0.2, -0.15) is 0 Å². The molecule has 0 saturated heterocycles. The van der Waals surface area contributed by atoms with E-state index in [0.717, 1.165) is 19.4 Å². The summed E-state index contributed by atoms with van der Waals surface area (Å²) in [5, 5.41) is 0. The molecule has 0 N–H and O–H groups in total. The minimum Gasteiger partial charge on any atom is -0.463 e. The van der Waals surface area contributed by atoms with Crippen LogP contribution in [0.5, 0.6) is 0 Å². The van der Waals surface area contributed by atoms with Gasteiger partial charge >= 0.3 is 5.97 Å². The van der Waals surface area contributed by atoms with Gasteiger partial charge < -0.3 is 9.47 Å². The maximum Gasteiger partial charge on any atom is 0.305 e. The number of rotatable bonds is 11. The van der Waals surface area contributed by atoms with Crippen LogP contribution < -0.4 is 0 Å². The topological polar surface area (TPSA) is 35.5 Å². The van der Waals surface area contributed by atoms with Crippen LogP contribution >= 0.6 is 0 Å². The first-order valence-electron chi connectivity index (χ1n) is 6.54. The van der Waals surface area contributed by atoms with Crippen molar-refractivity contribution in [2.75, 3.05) is 19.8 Å². The zero-order valence-electron chi connectivity index (χ0n) is 10.8. The highest BCUT2D eigenvalue weighted by Gasteiger charge is 1.99. The van der Waals surface area contributed by atoms with Crippen molar-refractivity contribution in [3.05, 3.63) is 0 Å². The molecule has 0 aliphatic heterocycles. The van der Waals surface area contributed by atoms with Crippen LogP contribution in [0.1, 0.15) is 58.8 Å². The Hall–Kier alpha value is -0.570. The molecular weight excluding hydrogens is 204 g/mol. The second kappa shape index (κ2) is 12.5. The summed E-state index contributed by atoms with van der Waals surface area (Å²) >= 11 is 0. The number of hydrogen-bond donors (Lipinski definition) is 0. The third kappa shape index (κ3) is 11.5. The van der Waals surface area contributed by atoms with Gasteiger partial charge in [0.1, 0.15) is 6.61 Å². The highest BCUT2D eigenvalue weighted by Crippen LogP contribution is 2.02. The molecule has 0 radical (unpaired) electrons. The van der Waals surface area contributed by atoms with E-state index in [-0.39, 0.29) is 5.97 Å². The predicted octanol–water partition coefficient (Wildman–Crippen LogP) is 3.32. The van der Waals surface area contributed by atoms with E-state index in [9.17, 15) is 4.79 Å². The van der Waals surface area contributed by atoms with E-state index >= 15 is 0 Å². The van der Waals surface area contributed by atoms with Gasteiger partial charge in [-0.3, -0.25) is 4.79 Å². The molecule has 0 amide bonds. The fourth-order valence-corrected chi connectivity index (χ4v) is 1.40. The maximum absolute atomic E-state index is 11.0. The van der Waals surface area contributed by atoms with E-state index in [0.29, 0.717) is 19.6 Å². The van der Waals surface area contributed by atoms with E-state index in [2.05, 4.69) is 6.92 Å². The molecular formula is C13H26O3. The number of carbonyl (C=O) groups is 1. The van der Waals surface area contributed by atoms with Crippen molar-refractivity contribution < 1.29 is 14.3 Å². The first-order valence-corrected chi connectivity index (χ1v) is 6.54. The zero-order valence-corrected chi connectivity index (χ0v) is 10.8. The molecule has 3 heteroatoms. The molecule has 96 valence electrons. The Bertz CT molecular complexity index is 157. The normalized spacial score (nSPS) is 10.4. The molecule has 0 fully saturated rings. The average Bonchev–Trinajstić information content (AvgIpc) is 2.27. The Morgan fingerprint density at radius 2 is 1.62 bits per heavy atom. The van der Waals surface area contributed by atoms with Crippen LogP contribution in [0.4, 0.5) is 0 Å². The smallest absolute Gasteiger partial charge is 0.305 e.